The summed E-state index contributed by atoms with van der Waals surface area (Å²) in [6.45, 7) is 1.10. The van der Waals surface area contributed by atoms with Crippen molar-refractivity contribution in [3.05, 3.63) is 0 Å². The van der Waals surface area contributed by atoms with E-state index in [0.717, 1.165) is 44.3 Å². The number of piperidine rings is 1. The molecule has 3 fully saturated rings. The Kier molecular flexibility index (Phi) is 4.32. The Morgan fingerprint density at radius 1 is 1.10 bits per heavy atom. The molecule has 0 aromatic carbocycles. The number of nitrogens with one attached hydrogen (secondary N) is 1. The van der Waals surface area contributed by atoms with Crippen LogP contribution in [0.5, 0.6) is 0 Å². The van der Waals surface area contributed by atoms with Crippen molar-refractivity contribution in [1.82, 2.24) is 10.2 Å². The molecule has 20 heavy (non-hydrogen) atoms. The van der Waals surface area contributed by atoms with Crippen molar-refractivity contribution in [2.24, 2.45) is 11.8 Å². The van der Waals surface area contributed by atoms with Gasteiger partial charge in [0.15, 0.2) is 0 Å². The Balaban J connectivity index is 1.39. The van der Waals surface area contributed by atoms with Gasteiger partial charge in [0.05, 0.1) is 5.92 Å². The smallest absolute Gasteiger partial charge is 0.306 e. The molecule has 1 aliphatic carbocycles. The van der Waals surface area contributed by atoms with Crippen LogP contribution in [0.1, 0.15) is 51.4 Å². The number of rotatable bonds is 4. The molecule has 0 aromatic heterocycles. The van der Waals surface area contributed by atoms with Crippen LogP contribution in [0.25, 0.3) is 0 Å². The number of carboxylic acid groups (broad SMARTS) is 1. The number of hydrogen-bond acceptors (Lipinski definition) is 3. The summed E-state index contributed by atoms with van der Waals surface area (Å²) in [5.41, 5.74) is 0. The normalized spacial score (nSPS) is 41.8. The molecule has 2 N–H and O–H groups in total. The number of hydrogen-bond donors (Lipinski definition) is 2. The van der Waals surface area contributed by atoms with E-state index < -0.39 is 5.97 Å². The van der Waals surface area contributed by atoms with Crippen LogP contribution in [0.4, 0.5) is 0 Å². The van der Waals surface area contributed by atoms with E-state index in [1.165, 1.54) is 25.7 Å². The lowest BCUT2D eigenvalue weighted by Gasteiger charge is -2.37. The van der Waals surface area contributed by atoms with Gasteiger partial charge in [0.25, 0.3) is 0 Å². The molecule has 4 nitrogen and oxygen atoms in total. The Bertz CT molecular complexity index is 338. The third kappa shape index (κ3) is 3.01. The lowest BCUT2D eigenvalue weighted by Crippen LogP contribution is -2.48. The molecule has 4 heteroatoms. The van der Waals surface area contributed by atoms with Crippen molar-refractivity contribution in [2.45, 2.75) is 69.5 Å². The van der Waals surface area contributed by atoms with Crippen LogP contribution in [0.3, 0.4) is 0 Å². The average Bonchev–Trinajstić information content (AvgIpc) is 2.66. The van der Waals surface area contributed by atoms with Crippen LogP contribution in [-0.4, -0.2) is 47.7 Å². The fourth-order valence-corrected chi connectivity index (χ4v) is 4.53. The summed E-state index contributed by atoms with van der Waals surface area (Å²) in [4.78, 5) is 13.5. The standard InChI is InChI=1S/C16H28N2O2/c1-18-14-6-7-15(18)9-13(8-14)17-10-11-2-4-12(5-3-11)16(19)20/h11-15,17H,2-10H2,1H3,(H,19,20). The van der Waals surface area contributed by atoms with Crippen molar-refractivity contribution in [3.8, 4) is 0 Å². The first-order chi connectivity index (χ1) is 9.63. The molecule has 2 bridgehead atoms. The van der Waals surface area contributed by atoms with Crippen LogP contribution < -0.4 is 5.32 Å². The van der Waals surface area contributed by atoms with Crippen LogP contribution in [-0.2, 0) is 4.79 Å². The fourth-order valence-electron chi connectivity index (χ4n) is 4.53. The van der Waals surface area contributed by atoms with E-state index in [1.54, 1.807) is 0 Å². The lowest BCUT2D eigenvalue weighted by molar-refractivity contribution is -0.143. The maximum Gasteiger partial charge on any atom is 0.306 e. The van der Waals surface area contributed by atoms with Gasteiger partial charge in [-0.15, -0.1) is 0 Å². The molecule has 2 unspecified atom stereocenters. The Labute approximate surface area is 121 Å². The zero-order valence-corrected chi connectivity index (χ0v) is 12.6. The average molecular weight is 280 g/mol. The molecule has 2 saturated heterocycles. The van der Waals surface area contributed by atoms with Crippen molar-refractivity contribution >= 4 is 5.97 Å². The Hall–Kier alpha value is -0.610. The summed E-state index contributed by atoms with van der Waals surface area (Å²) < 4.78 is 0. The zero-order valence-electron chi connectivity index (χ0n) is 12.6. The molecule has 3 rings (SSSR count). The molecule has 2 atom stereocenters. The molecular weight excluding hydrogens is 252 g/mol. The van der Waals surface area contributed by atoms with Gasteiger partial charge in [-0.3, -0.25) is 4.79 Å². The summed E-state index contributed by atoms with van der Waals surface area (Å²) in [6, 6.07) is 2.30. The number of fused-ring (bicyclic) bond motifs is 2. The highest BCUT2D eigenvalue weighted by atomic mass is 16.4. The second kappa shape index (κ2) is 6.02. The maximum absolute atomic E-state index is 11.0. The topological polar surface area (TPSA) is 52.6 Å². The van der Waals surface area contributed by atoms with Gasteiger partial charge in [0.2, 0.25) is 0 Å². The van der Waals surface area contributed by atoms with E-state index in [0.29, 0.717) is 12.0 Å². The molecule has 1 saturated carbocycles. The number of carbonyl (C=O) groups is 1. The predicted octanol–water partition coefficient (Wildman–Crippen LogP) is 2.09. The molecule has 0 spiro atoms. The number of aliphatic carboxylic acids is 1. The summed E-state index contributed by atoms with van der Waals surface area (Å²) in [6.07, 6.45) is 9.29. The molecule has 114 valence electrons. The van der Waals surface area contributed by atoms with Gasteiger partial charge in [0, 0.05) is 18.1 Å². The first kappa shape index (κ1) is 14.3. The summed E-state index contributed by atoms with van der Waals surface area (Å²) >= 11 is 0. The molecule has 2 heterocycles. The largest absolute Gasteiger partial charge is 0.481 e. The Morgan fingerprint density at radius 3 is 2.25 bits per heavy atom. The van der Waals surface area contributed by atoms with Gasteiger partial charge in [-0.05, 0) is 70.9 Å². The first-order valence-electron chi connectivity index (χ1n) is 8.31. The van der Waals surface area contributed by atoms with Gasteiger partial charge in [-0.2, -0.15) is 0 Å². The third-order valence-corrected chi connectivity index (χ3v) is 5.99. The summed E-state index contributed by atoms with van der Waals surface area (Å²) in [5, 5.41) is 12.8. The van der Waals surface area contributed by atoms with Gasteiger partial charge in [0.1, 0.15) is 0 Å². The minimum atomic E-state index is -0.594. The van der Waals surface area contributed by atoms with E-state index >= 15 is 0 Å². The lowest BCUT2D eigenvalue weighted by atomic mass is 9.82. The van der Waals surface area contributed by atoms with Crippen LogP contribution in [0.2, 0.25) is 0 Å². The van der Waals surface area contributed by atoms with Gasteiger partial charge in [-0.25, -0.2) is 0 Å². The van der Waals surface area contributed by atoms with Crippen molar-refractivity contribution in [3.63, 3.8) is 0 Å². The van der Waals surface area contributed by atoms with E-state index in [2.05, 4.69) is 17.3 Å². The van der Waals surface area contributed by atoms with Crippen LogP contribution in [0, 0.1) is 11.8 Å². The van der Waals surface area contributed by atoms with Gasteiger partial charge in [-0.1, -0.05) is 0 Å². The molecule has 0 aromatic rings. The second-order valence-electron chi connectivity index (χ2n) is 7.18. The molecule has 2 aliphatic heterocycles. The van der Waals surface area contributed by atoms with E-state index in [-0.39, 0.29) is 5.92 Å². The van der Waals surface area contributed by atoms with Gasteiger partial charge < -0.3 is 15.3 Å². The quantitative estimate of drug-likeness (QED) is 0.828. The highest BCUT2D eigenvalue weighted by molar-refractivity contribution is 5.69. The zero-order chi connectivity index (χ0) is 14.1. The third-order valence-electron chi connectivity index (χ3n) is 5.99. The van der Waals surface area contributed by atoms with E-state index in [4.69, 9.17) is 5.11 Å². The molecule has 0 amide bonds. The van der Waals surface area contributed by atoms with Crippen LogP contribution in [0.15, 0.2) is 0 Å². The fraction of sp³-hybridized carbons (Fsp3) is 0.938. The summed E-state index contributed by atoms with van der Waals surface area (Å²) in [5.74, 6) is 0.0247. The predicted molar refractivity (Wildman–Crippen MR) is 78.7 cm³/mol. The summed E-state index contributed by atoms with van der Waals surface area (Å²) in [7, 11) is 2.28. The van der Waals surface area contributed by atoms with E-state index in [9.17, 15) is 4.79 Å². The SMILES string of the molecule is CN1C2CCC1CC(NCC1CCC(C(=O)O)CC1)C2. The monoisotopic (exact) mass is 280 g/mol. The number of nitrogens with zero attached hydrogens (tertiary/aromatic N) is 1. The highest BCUT2D eigenvalue weighted by Crippen LogP contribution is 2.34. The van der Waals surface area contributed by atoms with Crippen molar-refractivity contribution in [1.29, 1.82) is 0 Å². The highest BCUT2D eigenvalue weighted by Gasteiger charge is 2.38. The maximum atomic E-state index is 11.0. The van der Waals surface area contributed by atoms with Crippen molar-refractivity contribution < 1.29 is 9.90 Å². The first-order valence-corrected chi connectivity index (χ1v) is 8.31. The minimum absolute atomic E-state index is 0.0783. The van der Waals surface area contributed by atoms with Gasteiger partial charge >= 0.3 is 5.97 Å². The second-order valence-corrected chi connectivity index (χ2v) is 7.18. The molecule has 3 aliphatic rings. The van der Waals surface area contributed by atoms with Crippen molar-refractivity contribution in [2.75, 3.05) is 13.6 Å². The molecular formula is C16H28N2O2. The van der Waals surface area contributed by atoms with Crippen LogP contribution >= 0.6 is 0 Å². The Morgan fingerprint density at radius 2 is 1.70 bits per heavy atom. The van der Waals surface area contributed by atoms with E-state index in [1.807, 2.05) is 0 Å². The molecule has 0 radical (unpaired) electrons. The minimum Gasteiger partial charge on any atom is -0.481 e. The number of carboxylic acids is 1.